The van der Waals surface area contributed by atoms with Crippen molar-refractivity contribution in [2.45, 2.75) is 39.4 Å². The molecule has 1 atom stereocenters. The van der Waals surface area contributed by atoms with Crippen LogP contribution in [-0.2, 0) is 26.1 Å². The largest absolute Gasteiger partial charge is 0.711 e. The number of carbonyl (C=O) groups excluding carboxylic acids is 2. The average Bonchev–Trinajstić information content (AvgIpc) is 3.17. The quantitative estimate of drug-likeness (QED) is 0.332. The summed E-state index contributed by atoms with van der Waals surface area (Å²) in [5, 5.41) is 13.0. The van der Waals surface area contributed by atoms with Gasteiger partial charge in [0.05, 0.1) is 7.05 Å². The molecule has 154 valence electrons. The fraction of sp³-hybridized carbons (Fsp3) is 0.450. The number of ether oxygens (including phenoxy) is 4. The Labute approximate surface area is 167 Å². The summed E-state index contributed by atoms with van der Waals surface area (Å²) in [6.45, 7) is 6.53. The summed E-state index contributed by atoms with van der Waals surface area (Å²) in [6.07, 6.45) is 0. The number of hydrogen-bond acceptors (Lipinski definition) is 7. The molecule has 2 aromatic rings. The highest BCUT2D eigenvalue weighted by molar-refractivity contribution is 5.98. The van der Waals surface area contributed by atoms with E-state index in [-0.39, 0.29) is 12.6 Å². The lowest BCUT2D eigenvalue weighted by atomic mass is 9.84. The molecule has 0 radical (unpaired) electrons. The van der Waals surface area contributed by atoms with Gasteiger partial charge in [-0.15, -0.1) is 0 Å². The summed E-state index contributed by atoms with van der Waals surface area (Å²) >= 11 is 0. The molecule has 1 unspecified atom stereocenters. The van der Waals surface area contributed by atoms with Gasteiger partial charge in [0.15, 0.2) is 17.4 Å². The third kappa shape index (κ3) is 2.97. The van der Waals surface area contributed by atoms with Crippen LogP contribution in [0.15, 0.2) is 18.2 Å². The summed E-state index contributed by atoms with van der Waals surface area (Å²) in [4.78, 5) is 25.7. The van der Waals surface area contributed by atoms with E-state index >= 15 is 0 Å². The van der Waals surface area contributed by atoms with Gasteiger partial charge in [0, 0.05) is 27.7 Å². The Bertz CT molecular complexity index is 979. The second-order valence-corrected chi connectivity index (χ2v) is 7.69. The Morgan fingerprint density at radius 1 is 1.14 bits per heavy atom. The number of cyclic esters (lactones) is 2. The summed E-state index contributed by atoms with van der Waals surface area (Å²) in [5.41, 5.74) is 1.74. The fourth-order valence-corrected chi connectivity index (χ4v) is 3.80. The molecule has 0 spiro atoms. The normalized spacial score (nSPS) is 19.1. The van der Waals surface area contributed by atoms with Crippen LogP contribution in [0.3, 0.4) is 0 Å². The van der Waals surface area contributed by atoms with E-state index in [1.165, 1.54) is 13.8 Å². The lowest BCUT2D eigenvalue weighted by Gasteiger charge is -2.35. The van der Waals surface area contributed by atoms with Crippen molar-refractivity contribution in [1.29, 1.82) is 0 Å². The molecule has 0 bridgehead atoms. The summed E-state index contributed by atoms with van der Waals surface area (Å²) in [5.74, 6) is -3.86. The molecule has 1 saturated heterocycles. The predicted molar refractivity (Wildman–Crippen MR) is 98.0 cm³/mol. The Kier molecular flexibility index (Phi) is 4.21. The maximum Gasteiger partial charge on any atom is 0.324 e. The lowest BCUT2D eigenvalue weighted by Crippen LogP contribution is -2.50. The molecule has 0 amide bonds. The van der Waals surface area contributed by atoms with Crippen LogP contribution >= 0.6 is 0 Å². The van der Waals surface area contributed by atoms with Gasteiger partial charge in [0.25, 0.3) is 11.6 Å². The maximum atomic E-state index is 13.0. The van der Waals surface area contributed by atoms with Crippen LogP contribution in [0.25, 0.3) is 0 Å². The van der Waals surface area contributed by atoms with Crippen molar-refractivity contribution < 1.29 is 33.3 Å². The van der Waals surface area contributed by atoms with E-state index in [4.69, 9.17) is 18.9 Å². The first kappa shape index (κ1) is 19.1. The number of fused-ring (bicyclic) bond motifs is 1. The zero-order valence-electron chi connectivity index (χ0n) is 16.8. The molecule has 1 aromatic carbocycles. The Morgan fingerprint density at radius 2 is 1.76 bits per heavy atom. The molecule has 1 fully saturated rings. The molecule has 3 heterocycles. The van der Waals surface area contributed by atoms with Gasteiger partial charge in [-0.25, -0.2) is 9.30 Å². The highest BCUT2D eigenvalue weighted by atomic mass is 16.7. The maximum absolute atomic E-state index is 13.0. The highest BCUT2D eigenvalue weighted by Gasteiger charge is 2.51. The van der Waals surface area contributed by atoms with Crippen molar-refractivity contribution >= 4 is 11.9 Å². The van der Waals surface area contributed by atoms with E-state index in [9.17, 15) is 14.8 Å². The fourth-order valence-electron chi connectivity index (χ4n) is 3.80. The van der Waals surface area contributed by atoms with Crippen LogP contribution in [0, 0.1) is 25.0 Å². The van der Waals surface area contributed by atoms with Gasteiger partial charge in [0.1, 0.15) is 17.3 Å². The lowest BCUT2D eigenvalue weighted by molar-refractivity contribution is -0.621. The van der Waals surface area contributed by atoms with E-state index in [1.54, 1.807) is 43.7 Å². The molecular weight excluding hydrogens is 380 g/mol. The summed E-state index contributed by atoms with van der Waals surface area (Å²) < 4.78 is 23.9. The molecule has 0 aliphatic carbocycles. The highest BCUT2D eigenvalue weighted by Crippen LogP contribution is 2.41. The molecule has 0 saturated carbocycles. The first-order valence-corrected chi connectivity index (χ1v) is 9.21. The van der Waals surface area contributed by atoms with Crippen molar-refractivity contribution in [3.63, 3.8) is 0 Å². The number of imidazole rings is 1. The summed E-state index contributed by atoms with van der Waals surface area (Å²) in [7, 11) is 1.72. The Morgan fingerprint density at radius 3 is 2.34 bits per heavy atom. The standard InChI is InChI=1S/C20H22N2O7/c1-10-11(2)22(25)17(21(10)5)15(12-6-7-13-14(8-12)27-9-26-13)16-18(23)28-20(3,4)29-19(16)24/h6-8,15-16H,9H2,1-5H3. The van der Waals surface area contributed by atoms with Gasteiger partial charge in [-0.1, -0.05) is 6.07 Å². The molecule has 9 heteroatoms. The number of aromatic nitrogens is 2. The van der Waals surface area contributed by atoms with Gasteiger partial charge in [0.2, 0.25) is 6.79 Å². The van der Waals surface area contributed by atoms with Gasteiger partial charge >= 0.3 is 11.9 Å². The Balaban J connectivity index is 1.90. The van der Waals surface area contributed by atoms with Crippen molar-refractivity contribution in [2.75, 3.05) is 6.79 Å². The topological polar surface area (TPSA) is 103 Å². The number of benzene rings is 1. The third-order valence-corrected chi connectivity index (χ3v) is 5.45. The zero-order valence-corrected chi connectivity index (χ0v) is 16.8. The molecule has 9 nitrogen and oxygen atoms in total. The van der Waals surface area contributed by atoms with Crippen LogP contribution < -0.4 is 14.2 Å². The smallest absolute Gasteiger partial charge is 0.324 e. The van der Waals surface area contributed by atoms with Crippen LogP contribution in [-0.4, -0.2) is 29.1 Å². The van der Waals surface area contributed by atoms with Crippen molar-refractivity contribution in [1.82, 2.24) is 4.57 Å². The molecule has 2 aliphatic heterocycles. The SMILES string of the molecule is Cc1c(C)[n+]([O-])c(C(c2ccc3c(c2)OCO3)C2C(=O)OC(C)(C)OC2=O)n1C. The molecule has 1 aromatic heterocycles. The van der Waals surface area contributed by atoms with Gasteiger partial charge in [-0.05, 0) is 17.7 Å². The number of rotatable bonds is 3. The monoisotopic (exact) mass is 402 g/mol. The molecule has 2 aliphatic rings. The first-order chi connectivity index (χ1) is 13.6. The van der Waals surface area contributed by atoms with Crippen LogP contribution in [0.5, 0.6) is 11.5 Å². The van der Waals surface area contributed by atoms with Gasteiger partial charge in [-0.3, -0.25) is 9.59 Å². The van der Waals surface area contributed by atoms with Crippen LogP contribution in [0.1, 0.15) is 42.5 Å². The third-order valence-electron chi connectivity index (χ3n) is 5.45. The summed E-state index contributed by atoms with van der Waals surface area (Å²) in [6, 6.07) is 5.06. The second-order valence-electron chi connectivity index (χ2n) is 7.69. The first-order valence-electron chi connectivity index (χ1n) is 9.21. The number of hydrogen-bond donors (Lipinski definition) is 0. The minimum absolute atomic E-state index is 0.0785. The van der Waals surface area contributed by atoms with Crippen molar-refractivity contribution in [3.05, 3.63) is 46.2 Å². The second kappa shape index (κ2) is 6.40. The molecule has 29 heavy (non-hydrogen) atoms. The average molecular weight is 402 g/mol. The molecule has 0 N–H and O–H groups in total. The van der Waals surface area contributed by atoms with E-state index in [0.29, 0.717) is 22.8 Å². The van der Waals surface area contributed by atoms with Gasteiger partial charge < -0.3 is 24.2 Å². The van der Waals surface area contributed by atoms with E-state index in [1.807, 2.05) is 0 Å². The molecule has 4 rings (SSSR count). The van der Waals surface area contributed by atoms with Crippen LogP contribution in [0.4, 0.5) is 0 Å². The van der Waals surface area contributed by atoms with E-state index < -0.39 is 29.6 Å². The van der Waals surface area contributed by atoms with E-state index in [2.05, 4.69) is 0 Å². The number of nitrogens with zero attached hydrogens (tertiary/aromatic N) is 2. The minimum atomic E-state index is -1.36. The number of carbonyl (C=O) groups is 2. The predicted octanol–water partition coefficient (Wildman–Crippen LogP) is 1.59. The number of esters is 2. The van der Waals surface area contributed by atoms with Crippen LogP contribution in [0.2, 0.25) is 0 Å². The van der Waals surface area contributed by atoms with Crippen molar-refractivity contribution in [2.24, 2.45) is 13.0 Å². The van der Waals surface area contributed by atoms with Crippen molar-refractivity contribution in [3.8, 4) is 11.5 Å². The minimum Gasteiger partial charge on any atom is -0.711 e. The zero-order chi connectivity index (χ0) is 21.1. The molecular formula is C20H22N2O7. The van der Waals surface area contributed by atoms with E-state index in [0.717, 1.165) is 10.4 Å². The Hall–Kier alpha value is -3.23. The van der Waals surface area contributed by atoms with Gasteiger partial charge in [-0.2, -0.15) is 0 Å².